The first kappa shape index (κ1) is 12.3. The third-order valence-corrected chi connectivity index (χ3v) is 2.86. The molecular weight excluding hydrogens is 230 g/mol. The first-order valence-electron chi connectivity index (χ1n) is 5.92. The Morgan fingerprint density at radius 1 is 1.44 bits per heavy atom. The minimum Gasteiger partial charge on any atom is -0.355 e. The number of aryl methyl sites for hydroxylation is 2. The van der Waals surface area contributed by atoms with E-state index in [1.54, 1.807) is 12.4 Å². The molecule has 0 bridgehead atoms. The number of imidazole rings is 1. The molecule has 3 N–H and O–H groups in total. The maximum Gasteiger partial charge on any atom is 0.224 e. The lowest BCUT2D eigenvalue weighted by Crippen LogP contribution is -2.27. The maximum atomic E-state index is 11.8. The van der Waals surface area contributed by atoms with Crippen LogP contribution in [0.2, 0.25) is 0 Å². The molecule has 0 unspecified atom stereocenters. The van der Waals surface area contributed by atoms with Crippen LogP contribution in [0, 0.1) is 13.8 Å². The number of nitrogens with zero attached hydrogens (tertiary/aromatic N) is 2. The molecule has 2 heterocycles. The highest BCUT2D eigenvalue weighted by Gasteiger charge is 2.10. The van der Waals surface area contributed by atoms with Crippen molar-refractivity contribution in [3.8, 4) is 0 Å². The lowest BCUT2D eigenvalue weighted by molar-refractivity contribution is -0.120. The van der Waals surface area contributed by atoms with E-state index in [2.05, 4.69) is 25.5 Å². The van der Waals surface area contributed by atoms with Crippen molar-refractivity contribution in [3.05, 3.63) is 35.2 Å². The second-order valence-electron chi connectivity index (χ2n) is 4.23. The summed E-state index contributed by atoms with van der Waals surface area (Å²) >= 11 is 0. The Balaban J connectivity index is 1.79. The average molecular weight is 247 g/mol. The Morgan fingerprint density at radius 3 is 2.89 bits per heavy atom. The van der Waals surface area contributed by atoms with Crippen molar-refractivity contribution in [2.24, 2.45) is 0 Å². The van der Waals surface area contributed by atoms with Gasteiger partial charge in [-0.1, -0.05) is 0 Å². The topological polar surface area (TPSA) is 86.5 Å². The van der Waals surface area contributed by atoms with Crippen LogP contribution in [0.4, 0.5) is 0 Å². The Kier molecular flexibility index (Phi) is 3.76. The lowest BCUT2D eigenvalue weighted by Gasteiger charge is -2.04. The van der Waals surface area contributed by atoms with Gasteiger partial charge in [-0.25, -0.2) is 4.98 Å². The van der Waals surface area contributed by atoms with Gasteiger partial charge in [0.2, 0.25) is 5.91 Å². The second-order valence-corrected chi connectivity index (χ2v) is 4.23. The molecule has 2 aromatic rings. The Hall–Kier alpha value is -2.11. The van der Waals surface area contributed by atoms with Gasteiger partial charge in [-0.05, 0) is 13.8 Å². The molecule has 0 aliphatic carbocycles. The molecule has 18 heavy (non-hydrogen) atoms. The van der Waals surface area contributed by atoms with Gasteiger partial charge in [0, 0.05) is 36.6 Å². The summed E-state index contributed by atoms with van der Waals surface area (Å²) in [7, 11) is 0. The number of carbonyl (C=O) groups excluding carboxylic acids is 1. The third-order valence-electron chi connectivity index (χ3n) is 2.86. The van der Waals surface area contributed by atoms with Crippen LogP contribution in [0.3, 0.4) is 0 Å². The number of hydrogen-bond donors (Lipinski definition) is 3. The van der Waals surface area contributed by atoms with Gasteiger partial charge in [0.15, 0.2) is 0 Å². The number of carbonyl (C=O) groups is 1. The van der Waals surface area contributed by atoms with Gasteiger partial charge in [-0.2, -0.15) is 5.10 Å². The average Bonchev–Trinajstić information content (AvgIpc) is 2.94. The standard InChI is InChI=1S/C12H17N5O/c1-8-10(9(2)17-16-8)7-12(18)15-4-3-11-13-5-6-14-11/h5-6H,3-4,7H2,1-2H3,(H,13,14)(H,15,18)(H,16,17). The third kappa shape index (κ3) is 2.97. The van der Waals surface area contributed by atoms with Crippen molar-refractivity contribution < 1.29 is 4.79 Å². The molecule has 0 fully saturated rings. The summed E-state index contributed by atoms with van der Waals surface area (Å²) in [5.74, 6) is 0.889. The number of rotatable bonds is 5. The van der Waals surface area contributed by atoms with Crippen LogP contribution in [-0.2, 0) is 17.6 Å². The Labute approximate surface area is 105 Å². The molecule has 0 aromatic carbocycles. The van der Waals surface area contributed by atoms with E-state index in [-0.39, 0.29) is 5.91 Å². The molecule has 0 saturated heterocycles. The van der Waals surface area contributed by atoms with Crippen molar-refractivity contribution in [3.63, 3.8) is 0 Å². The van der Waals surface area contributed by atoms with Crippen LogP contribution in [0.1, 0.15) is 22.8 Å². The molecule has 2 rings (SSSR count). The molecule has 1 amide bonds. The number of amides is 1. The van der Waals surface area contributed by atoms with E-state index in [0.29, 0.717) is 19.4 Å². The Morgan fingerprint density at radius 2 is 2.28 bits per heavy atom. The first-order valence-corrected chi connectivity index (χ1v) is 5.92. The molecule has 0 aliphatic rings. The van der Waals surface area contributed by atoms with Gasteiger partial charge in [-0.3, -0.25) is 9.89 Å². The molecule has 96 valence electrons. The fourth-order valence-corrected chi connectivity index (χ4v) is 1.81. The number of hydrogen-bond acceptors (Lipinski definition) is 3. The summed E-state index contributed by atoms with van der Waals surface area (Å²) < 4.78 is 0. The van der Waals surface area contributed by atoms with Crippen LogP contribution >= 0.6 is 0 Å². The summed E-state index contributed by atoms with van der Waals surface area (Å²) in [4.78, 5) is 18.9. The predicted octanol–water partition coefficient (Wildman–Crippen LogP) is 0.651. The molecule has 6 nitrogen and oxygen atoms in total. The molecule has 2 aromatic heterocycles. The smallest absolute Gasteiger partial charge is 0.224 e. The van der Waals surface area contributed by atoms with E-state index in [1.807, 2.05) is 13.8 Å². The van der Waals surface area contributed by atoms with Crippen molar-refractivity contribution in [1.29, 1.82) is 0 Å². The van der Waals surface area contributed by atoms with Crippen LogP contribution < -0.4 is 5.32 Å². The molecule has 0 atom stereocenters. The van der Waals surface area contributed by atoms with Gasteiger partial charge in [0.05, 0.1) is 12.1 Å². The zero-order valence-electron chi connectivity index (χ0n) is 10.6. The highest BCUT2D eigenvalue weighted by Crippen LogP contribution is 2.09. The summed E-state index contributed by atoms with van der Waals surface area (Å²) in [6, 6.07) is 0. The number of aromatic amines is 2. The lowest BCUT2D eigenvalue weighted by atomic mass is 10.1. The summed E-state index contributed by atoms with van der Waals surface area (Å²) in [6.45, 7) is 4.41. The largest absolute Gasteiger partial charge is 0.355 e. The summed E-state index contributed by atoms with van der Waals surface area (Å²) in [6.07, 6.45) is 4.55. The van der Waals surface area contributed by atoms with Gasteiger partial charge in [-0.15, -0.1) is 0 Å². The molecule has 0 spiro atoms. The fourth-order valence-electron chi connectivity index (χ4n) is 1.81. The van der Waals surface area contributed by atoms with E-state index < -0.39 is 0 Å². The van der Waals surface area contributed by atoms with E-state index in [1.165, 1.54) is 0 Å². The maximum absolute atomic E-state index is 11.8. The van der Waals surface area contributed by atoms with Gasteiger partial charge >= 0.3 is 0 Å². The number of H-pyrrole nitrogens is 2. The van der Waals surface area contributed by atoms with Crippen LogP contribution in [0.25, 0.3) is 0 Å². The number of nitrogens with one attached hydrogen (secondary N) is 3. The van der Waals surface area contributed by atoms with Crippen molar-refractivity contribution in [2.75, 3.05) is 6.54 Å². The SMILES string of the molecule is Cc1n[nH]c(C)c1CC(=O)NCCc1ncc[nH]1. The monoisotopic (exact) mass is 247 g/mol. The van der Waals surface area contributed by atoms with Gasteiger partial charge < -0.3 is 10.3 Å². The number of aromatic nitrogens is 4. The quantitative estimate of drug-likeness (QED) is 0.725. The molecule has 0 aliphatic heterocycles. The van der Waals surface area contributed by atoms with E-state index in [0.717, 1.165) is 22.8 Å². The zero-order valence-corrected chi connectivity index (χ0v) is 10.6. The van der Waals surface area contributed by atoms with Crippen molar-refractivity contribution in [2.45, 2.75) is 26.7 Å². The summed E-state index contributed by atoms with van der Waals surface area (Å²) in [5, 5.41) is 9.82. The molecule has 0 radical (unpaired) electrons. The van der Waals surface area contributed by atoms with Crippen LogP contribution in [-0.4, -0.2) is 32.6 Å². The van der Waals surface area contributed by atoms with Crippen LogP contribution in [0.15, 0.2) is 12.4 Å². The van der Waals surface area contributed by atoms with Gasteiger partial charge in [0.1, 0.15) is 5.82 Å². The van der Waals surface area contributed by atoms with Crippen molar-refractivity contribution in [1.82, 2.24) is 25.5 Å². The first-order chi connectivity index (χ1) is 8.66. The highest BCUT2D eigenvalue weighted by molar-refractivity contribution is 5.79. The summed E-state index contributed by atoms with van der Waals surface area (Å²) in [5.41, 5.74) is 2.81. The predicted molar refractivity (Wildman–Crippen MR) is 67.1 cm³/mol. The highest BCUT2D eigenvalue weighted by atomic mass is 16.1. The minimum atomic E-state index is 0.00848. The Bertz CT molecular complexity index is 495. The van der Waals surface area contributed by atoms with Crippen LogP contribution in [0.5, 0.6) is 0 Å². The van der Waals surface area contributed by atoms with E-state index in [4.69, 9.17) is 0 Å². The minimum absolute atomic E-state index is 0.00848. The zero-order chi connectivity index (χ0) is 13.0. The normalized spacial score (nSPS) is 10.6. The van der Waals surface area contributed by atoms with Crippen molar-refractivity contribution >= 4 is 5.91 Å². The van der Waals surface area contributed by atoms with E-state index >= 15 is 0 Å². The molecule has 6 heteroatoms. The molecular formula is C12H17N5O. The second kappa shape index (κ2) is 5.48. The van der Waals surface area contributed by atoms with Gasteiger partial charge in [0.25, 0.3) is 0 Å². The fraction of sp³-hybridized carbons (Fsp3) is 0.417. The van der Waals surface area contributed by atoms with E-state index in [9.17, 15) is 4.79 Å². The molecule has 0 saturated carbocycles.